The molecule has 0 saturated heterocycles. The molecule has 0 aliphatic carbocycles. The molecule has 0 aromatic heterocycles. The lowest BCUT2D eigenvalue weighted by atomic mass is 10.1. The molecule has 114 valence electrons. The van der Waals surface area contributed by atoms with Crippen LogP contribution in [0.1, 0.15) is 24.2 Å². The molecule has 0 aliphatic heterocycles. The predicted octanol–water partition coefficient (Wildman–Crippen LogP) is 1.99. The molecule has 1 unspecified atom stereocenters. The molecule has 2 aromatic rings. The van der Waals surface area contributed by atoms with Crippen LogP contribution < -0.4 is 10.6 Å². The fourth-order valence-corrected chi connectivity index (χ4v) is 2.03. The SMILES string of the molecule is CC(=O)Nc1cccc(CNC(=O)C(O)c2ccccc2)c1. The minimum atomic E-state index is -1.19. The largest absolute Gasteiger partial charge is 0.378 e. The van der Waals surface area contributed by atoms with E-state index in [9.17, 15) is 14.7 Å². The number of carbonyl (C=O) groups excluding carboxylic acids is 2. The quantitative estimate of drug-likeness (QED) is 0.790. The van der Waals surface area contributed by atoms with Gasteiger partial charge >= 0.3 is 0 Å². The fourth-order valence-electron chi connectivity index (χ4n) is 2.03. The first-order valence-corrected chi connectivity index (χ1v) is 6.93. The van der Waals surface area contributed by atoms with E-state index in [0.29, 0.717) is 11.3 Å². The van der Waals surface area contributed by atoms with Crippen LogP contribution in [0.3, 0.4) is 0 Å². The third-order valence-electron chi connectivity index (χ3n) is 3.08. The van der Waals surface area contributed by atoms with E-state index in [0.717, 1.165) is 5.56 Å². The van der Waals surface area contributed by atoms with Gasteiger partial charge in [0.15, 0.2) is 6.10 Å². The standard InChI is InChI=1S/C17H18N2O3/c1-12(20)19-15-9-5-6-13(10-15)11-18-17(22)16(21)14-7-3-2-4-8-14/h2-10,16,21H,11H2,1H3,(H,18,22)(H,19,20). The number of amides is 2. The molecule has 5 heteroatoms. The molecule has 0 radical (unpaired) electrons. The van der Waals surface area contributed by atoms with Crippen LogP contribution in [0.2, 0.25) is 0 Å². The second-order valence-electron chi connectivity index (χ2n) is 4.91. The van der Waals surface area contributed by atoms with Crippen molar-refractivity contribution in [2.45, 2.75) is 19.6 Å². The van der Waals surface area contributed by atoms with Gasteiger partial charge in [-0.2, -0.15) is 0 Å². The summed E-state index contributed by atoms with van der Waals surface area (Å²) in [7, 11) is 0. The Kier molecular flexibility index (Phi) is 5.27. The van der Waals surface area contributed by atoms with Crippen molar-refractivity contribution >= 4 is 17.5 Å². The number of rotatable bonds is 5. The normalized spacial score (nSPS) is 11.5. The average Bonchev–Trinajstić information content (AvgIpc) is 2.52. The number of hydrogen-bond donors (Lipinski definition) is 3. The molecule has 0 aliphatic rings. The highest BCUT2D eigenvalue weighted by molar-refractivity contribution is 5.88. The summed E-state index contributed by atoms with van der Waals surface area (Å²) in [5.41, 5.74) is 2.05. The summed E-state index contributed by atoms with van der Waals surface area (Å²) in [6, 6.07) is 15.9. The Morgan fingerprint density at radius 2 is 1.82 bits per heavy atom. The van der Waals surface area contributed by atoms with Gasteiger partial charge in [-0.3, -0.25) is 9.59 Å². The molecular weight excluding hydrogens is 280 g/mol. The maximum atomic E-state index is 11.9. The summed E-state index contributed by atoms with van der Waals surface area (Å²) >= 11 is 0. The molecule has 0 saturated carbocycles. The van der Waals surface area contributed by atoms with Crippen molar-refractivity contribution < 1.29 is 14.7 Å². The van der Waals surface area contributed by atoms with Gasteiger partial charge in [0.2, 0.25) is 5.91 Å². The molecular formula is C17H18N2O3. The van der Waals surface area contributed by atoms with E-state index >= 15 is 0 Å². The first-order valence-electron chi connectivity index (χ1n) is 6.93. The first kappa shape index (κ1) is 15.7. The number of benzene rings is 2. The van der Waals surface area contributed by atoms with Gasteiger partial charge in [0.25, 0.3) is 5.91 Å². The van der Waals surface area contributed by atoms with E-state index in [4.69, 9.17) is 0 Å². The number of carbonyl (C=O) groups is 2. The number of aliphatic hydroxyl groups excluding tert-OH is 1. The third-order valence-corrected chi connectivity index (χ3v) is 3.08. The second kappa shape index (κ2) is 7.38. The van der Waals surface area contributed by atoms with Gasteiger partial charge in [-0.05, 0) is 23.3 Å². The molecule has 3 N–H and O–H groups in total. The van der Waals surface area contributed by atoms with Gasteiger partial charge in [0.1, 0.15) is 0 Å². The Bertz CT molecular complexity index is 656. The topological polar surface area (TPSA) is 78.4 Å². The maximum Gasteiger partial charge on any atom is 0.253 e. The van der Waals surface area contributed by atoms with E-state index in [1.807, 2.05) is 12.1 Å². The van der Waals surface area contributed by atoms with Crippen molar-refractivity contribution in [2.75, 3.05) is 5.32 Å². The molecule has 0 fully saturated rings. The van der Waals surface area contributed by atoms with Crippen LogP contribution in [0.4, 0.5) is 5.69 Å². The second-order valence-corrected chi connectivity index (χ2v) is 4.91. The lowest BCUT2D eigenvalue weighted by Crippen LogP contribution is -2.28. The van der Waals surface area contributed by atoms with E-state index in [-0.39, 0.29) is 12.5 Å². The zero-order valence-electron chi connectivity index (χ0n) is 12.2. The first-order chi connectivity index (χ1) is 10.6. The third kappa shape index (κ3) is 4.43. The van der Waals surface area contributed by atoms with E-state index in [1.165, 1.54) is 6.92 Å². The lowest BCUT2D eigenvalue weighted by molar-refractivity contribution is -0.129. The van der Waals surface area contributed by atoms with Crippen molar-refractivity contribution in [3.8, 4) is 0 Å². The molecule has 2 aromatic carbocycles. The fraction of sp³-hybridized carbons (Fsp3) is 0.176. The van der Waals surface area contributed by atoms with Crippen LogP contribution in [-0.2, 0) is 16.1 Å². The zero-order valence-corrected chi connectivity index (χ0v) is 12.2. The molecule has 0 spiro atoms. The van der Waals surface area contributed by atoms with Crippen molar-refractivity contribution in [1.82, 2.24) is 5.32 Å². The summed E-state index contributed by atoms with van der Waals surface area (Å²) in [5, 5.41) is 15.3. The highest BCUT2D eigenvalue weighted by Gasteiger charge is 2.16. The van der Waals surface area contributed by atoms with Crippen molar-refractivity contribution in [3.05, 3.63) is 65.7 Å². The summed E-state index contributed by atoms with van der Waals surface area (Å²) in [4.78, 5) is 23.0. The Hall–Kier alpha value is -2.66. The van der Waals surface area contributed by atoms with Crippen molar-refractivity contribution in [2.24, 2.45) is 0 Å². The Labute approximate surface area is 129 Å². The van der Waals surface area contributed by atoms with Gasteiger partial charge in [0.05, 0.1) is 0 Å². The number of anilines is 1. The Morgan fingerprint density at radius 1 is 1.09 bits per heavy atom. The average molecular weight is 298 g/mol. The van der Waals surface area contributed by atoms with E-state index in [1.54, 1.807) is 42.5 Å². The summed E-state index contributed by atoms with van der Waals surface area (Å²) in [6.45, 7) is 1.71. The molecule has 0 bridgehead atoms. The highest BCUT2D eigenvalue weighted by Crippen LogP contribution is 2.13. The van der Waals surface area contributed by atoms with Crippen molar-refractivity contribution in [1.29, 1.82) is 0 Å². The van der Waals surface area contributed by atoms with Gasteiger partial charge in [0, 0.05) is 19.2 Å². The number of aliphatic hydroxyl groups is 1. The van der Waals surface area contributed by atoms with Gasteiger partial charge in [-0.25, -0.2) is 0 Å². The molecule has 0 heterocycles. The van der Waals surface area contributed by atoms with Crippen LogP contribution in [0.15, 0.2) is 54.6 Å². The molecule has 22 heavy (non-hydrogen) atoms. The minimum absolute atomic E-state index is 0.152. The molecule has 2 amide bonds. The van der Waals surface area contributed by atoms with Crippen LogP contribution >= 0.6 is 0 Å². The molecule has 1 atom stereocenters. The smallest absolute Gasteiger partial charge is 0.253 e. The van der Waals surface area contributed by atoms with Crippen LogP contribution in [0.5, 0.6) is 0 Å². The van der Waals surface area contributed by atoms with Crippen LogP contribution in [-0.4, -0.2) is 16.9 Å². The summed E-state index contributed by atoms with van der Waals surface area (Å²) < 4.78 is 0. The van der Waals surface area contributed by atoms with Crippen molar-refractivity contribution in [3.63, 3.8) is 0 Å². The highest BCUT2D eigenvalue weighted by atomic mass is 16.3. The Balaban J connectivity index is 1.95. The van der Waals surface area contributed by atoms with Crippen LogP contribution in [0.25, 0.3) is 0 Å². The maximum absolute atomic E-state index is 11.9. The zero-order chi connectivity index (χ0) is 15.9. The minimum Gasteiger partial charge on any atom is -0.378 e. The Morgan fingerprint density at radius 3 is 2.50 bits per heavy atom. The van der Waals surface area contributed by atoms with Gasteiger partial charge in [-0.1, -0.05) is 42.5 Å². The molecule has 5 nitrogen and oxygen atoms in total. The van der Waals surface area contributed by atoms with E-state index in [2.05, 4.69) is 10.6 Å². The lowest BCUT2D eigenvalue weighted by Gasteiger charge is -2.12. The van der Waals surface area contributed by atoms with E-state index < -0.39 is 12.0 Å². The number of hydrogen-bond acceptors (Lipinski definition) is 3. The molecule has 2 rings (SSSR count). The van der Waals surface area contributed by atoms with Crippen LogP contribution in [0, 0.1) is 0 Å². The summed E-state index contributed by atoms with van der Waals surface area (Å²) in [6.07, 6.45) is -1.19. The summed E-state index contributed by atoms with van der Waals surface area (Å²) in [5.74, 6) is -0.614. The monoisotopic (exact) mass is 298 g/mol. The number of nitrogens with one attached hydrogen (secondary N) is 2. The van der Waals surface area contributed by atoms with Gasteiger partial charge in [-0.15, -0.1) is 0 Å². The predicted molar refractivity (Wildman–Crippen MR) is 84.0 cm³/mol. The van der Waals surface area contributed by atoms with Gasteiger partial charge < -0.3 is 15.7 Å².